The summed E-state index contributed by atoms with van der Waals surface area (Å²) in [5.74, 6) is 1.04. The molecule has 0 aliphatic carbocycles. The van der Waals surface area contributed by atoms with Gasteiger partial charge in [0, 0.05) is 22.6 Å². The maximum Gasteiger partial charge on any atom is 0.344 e. The topological polar surface area (TPSA) is 123 Å². The number of aromatic nitrogens is 1. The number of carbonyl (C=O) groups excluding carboxylic acids is 2. The number of hydrogen-bond acceptors (Lipinski definition) is 9. The minimum absolute atomic E-state index is 0.0804. The average molecular weight is 590 g/mol. The standard InChI is InChI=1S/C32H35N3O8/c1-20(2)42-30(36)19-41-31-28(38-5)15-23(16-29(31)39-6)17-33-34-32(37)27-14-13-26(43-27)18-40-25-11-9-24(10-12-25)35-21(3)7-8-22(35)4/h7-17,20H,18-19H2,1-6H3,(H,34,37)/b33-17+. The van der Waals surface area contributed by atoms with Crippen LogP contribution in [0.3, 0.4) is 0 Å². The number of nitrogens with zero attached hydrogens (tertiary/aromatic N) is 2. The van der Waals surface area contributed by atoms with E-state index in [0.717, 1.165) is 17.1 Å². The van der Waals surface area contributed by atoms with Crippen molar-refractivity contribution in [2.24, 2.45) is 5.10 Å². The number of aryl methyl sites for hydroxylation is 2. The summed E-state index contributed by atoms with van der Waals surface area (Å²) in [6.07, 6.45) is 1.15. The predicted octanol–water partition coefficient (Wildman–Crippen LogP) is 5.38. The summed E-state index contributed by atoms with van der Waals surface area (Å²) in [4.78, 5) is 24.5. The van der Waals surface area contributed by atoms with E-state index < -0.39 is 11.9 Å². The Kier molecular flexibility index (Phi) is 10.1. The largest absolute Gasteiger partial charge is 0.493 e. The van der Waals surface area contributed by atoms with Crippen molar-refractivity contribution in [3.05, 3.63) is 89.1 Å². The van der Waals surface area contributed by atoms with Crippen molar-refractivity contribution in [1.29, 1.82) is 0 Å². The number of ether oxygens (including phenoxy) is 5. The SMILES string of the molecule is COc1cc(/C=N/NC(=O)c2ccc(COc3ccc(-n4c(C)ccc4C)cc3)o2)cc(OC)c1OCC(=O)OC(C)C. The summed E-state index contributed by atoms with van der Waals surface area (Å²) >= 11 is 0. The van der Waals surface area contributed by atoms with Gasteiger partial charge in [-0.3, -0.25) is 4.79 Å². The minimum atomic E-state index is -0.535. The molecule has 0 radical (unpaired) electrons. The summed E-state index contributed by atoms with van der Waals surface area (Å²) in [6, 6.07) is 18.4. The third-order valence-corrected chi connectivity index (χ3v) is 6.20. The summed E-state index contributed by atoms with van der Waals surface area (Å²) in [5, 5.41) is 4.01. The maximum atomic E-state index is 12.6. The third-order valence-electron chi connectivity index (χ3n) is 6.20. The van der Waals surface area contributed by atoms with Crippen LogP contribution >= 0.6 is 0 Å². The van der Waals surface area contributed by atoms with E-state index in [9.17, 15) is 9.59 Å². The molecular formula is C32H35N3O8. The molecule has 43 heavy (non-hydrogen) atoms. The first-order valence-corrected chi connectivity index (χ1v) is 13.6. The lowest BCUT2D eigenvalue weighted by Crippen LogP contribution is -2.19. The number of hydrogen-bond donors (Lipinski definition) is 1. The number of nitrogens with one attached hydrogen (secondary N) is 1. The highest BCUT2D eigenvalue weighted by Crippen LogP contribution is 2.38. The Bertz CT molecular complexity index is 1540. The summed E-state index contributed by atoms with van der Waals surface area (Å²) in [6.45, 7) is 7.46. The fourth-order valence-corrected chi connectivity index (χ4v) is 4.26. The molecule has 0 saturated heterocycles. The van der Waals surface area contributed by atoms with E-state index in [1.807, 2.05) is 24.3 Å². The van der Waals surface area contributed by atoms with Crippen LogP contribution in [-0.2, 0) is 16.1 Å². The second-order valence-corrected chi connectivity index (χ2v) is 9.78. The second kappa shape index (κ2) is 14.1. The molecule has 0 aliphatic rings. The third kappa shape index (κ3) is 7.97. The number of benzene rings is 2. The fraction of sp³-hybridized carbons (Fsp3) is 0.281. The minimum Gasteiger partial charge on any atom is -0.493 e. The van der Waals surface area contributed by atoms with E-state index in [0.29, 0.717) is 28.6 Å². The van der Waals surface area contributed by atoms with E-state index in [-0.39, 0.29) is 30.8 Å². The van der Waals surface area contributed by atoms with Gasteiger partial charge >= 0.3 is 11.9 Å². The molecule has 2 aromatic heterocycles. The summed E-state index contributed by atoms with van der Waals surface area (Å²) in [7, 11) is 2.91. The monoisotopic (exact) mass is 589 g/mol. The molecule has 2 aromatic carbocycles. The van der Waals surface area contributed by atoms with Gasteiger partial charge in [-0.25, -0.2) is 10.2 Å². The van der Waals surface area contributed by atoms with Gasteiger partial charge in [-0.1, -0.05) is 0 Å². The maximum absolute atomic E-state index is 12.6. The van der Waals surface area contributed by atoms with Gasteiger partial charge in [0.1, 0.15) is 18.1 Å². The van der Waals surface area contributed by atoms with Gasteiger partial charge in [0.05, 0.1) is 26.5 Å². The second-order valence-electron chi connectivity index (χ2n) is 9.78. The quantitative estimate of drug-likeness (QED) is 0.125. The molecule has 4 rings (SSSR count). The molecule has 0 aliphatic heterocycles. The van der Waals surface area contributed by atoms with Gasteiger partial charge in [-0.05, 0) is 88.4 Å². The molecule has 11 nitrogen and oxygen atoms in total. The van der Waals surface area contributed by atoms with Gasteiger partial charge in [0.25, 0.3) is 0 Å². The molecule has 4 aromatic rings. The van der Waals surface area contributed by atoms with Gasteiger partial charge < -0.3 is 32.7 Å². The molecule has 0 atom stereocenters. The lowest BCUT2D eigenvalue weighted by molar-refractivity contribution is -0.149. The Morgan fingerprint density at radius 2 is 1.58 bits per heavy atom. The first kappa shape index (κ1) is 30.8. The van der Waals surface area contributed by atoms with Crippen molar-refractivity contribution < 1.29 is 37.7 Å². The van der Waals surface area contributed by atoms with E-state index in [2.05, 4.69) is 41.1 Å². The average Bonchev–Trinajstić information content (AvgIpc) is 3.60. The highest BCUT2D eigenvalue weighted by molar-refractivity contribution is 5.92. The Labute approximate surface area is 250 Å². The first-order valence-electron chi connectivity index (χ1n) is 13.6. The van der Waals surface area contributed by atoms with Gasteiger partial charge in [-0.15, -0.1) is 0 Å². The van der Waals surface area contributed by atoms with E-state index >= 15 is 0 Å². The zero-order chi connectivity index (χ0) is 30.9. The fourth-order valence-electron chi connectivity index (χ4n) is 4.26. The van der Waals surface area contributed by atoms with Crippen LogP contribution in [0.5, 0.6) is 23.0 Å². The number of amides is 1. The van der Waals surface area contributed by atoms with Gasteiger partial charge in [0.15, 0.2) is 23.9 Å². The van der Waals surface area contributed by atoms with Crippen LogP contribution in [0.15, 0.2) is 70.2 Å². The van der Waals surface area contributed by atoms with Crippen LogP contribution in [0.4, 0.5) is 0 Å². The molecule has 11 heteroatoms. The van der Waals surface area contributed by atoms with Crippen molar-refractivity contribution >= 4 is 18.1 Å². The molecular weight excluding hydrogens is 554 g/mol. The van der Waals surface area contributed by atoms with Crippen molar-refractivity contribution in [3.63, 3.8) is 0 Å². The highest BCUT2D eigenvalue weighted by Gasteiger charge is 2.17. The van der Waals surface area contributed by atoms with E-state index in [1.165, 1.54) is 20.4 Å². The Morgan fingerprint density at radius 3 is 2.19 bits per heavy atom. The van der Waals surface area contributed by atoms with Crippen LogP contribution < -0.4 is 24.4 Å². The Balaban J connectivity index is 1.32. The molecule has 1 N–H and O–H groups in total. The first-order chi connectivity index (χ1) is 20.7. The molecule has 0 unspecified atom stereocenters. The smallest absolute Gasteiger partial charge is 0.344 e. The molecule has 0 spiro atoms. The Morgan fingerprint density at radius 1 is 0.930 bits per heavy atom. The molecule has 0 saturated carbocycles. The molecule has 226 valence electrons. The van der Waals surface area contributed by atoms with E-state index in [4.69, 9.17) is 28.1 Å². The molecule has 0 fully saturated rings. The van der Waals surface area contributed by atoms with Gasteiger partial charge in [-0.2, -0.15) is 5.10 Å². The predicted molar refractivity (Wildman–Crippen MR) is 160 cm³/mol. The van der Waals surface area contributed by atoms with Crippen LogP contribution in [0.2, 0.25) is 0 Å². The number of rotatable bonds is 13. The van der Waals surface area contributed by atoms with Gasteiger partial charge in [0.2, 0.25) is 5.75 Å². The molecule has 1 amide bonds. The van der Waals surface area contributed by atoms with Crippen molar-refractivity contribution in [3.8, 4) is 28.7 Å². The number of carbonyl (C=O) groups is 2. The normalized spacial score (nSPS) is 11.0. The summed E-state index contributed by atoms with van der Waals surface area (Å²) < 4.78 is 35.1. The lowest BCUT2D eigenvalue weighted by atomic mass is 10.2. The van der Waals surface area contributed by atoms with Crippen LogP contribution in [0, 0.1) is 13.8 Å². The number of esters is 1. The van der Waals surface area contributed by atoms with Crippen LogP contribution in [0.25, 0.3) is 5.69 Å². The molecule has 2 heterocycles. The Hall–Kier alpha value is -5.19. The number of furan rings is 1. The zero-order valence-electron chi connectivity index (χ0n) is 25.0. The molecule has 0 bridgehead atoms. The highest BCUT2D eigenvalue weighted by atomic mass is 16.6. The number of hydrazone groups is 1. The van der Waals surface area contributed by atoms with Crippen molar-refractivity contribution in [1.82, 2.24) is 9.99 Å². The van der Waals surface area contributed by atoms with Crippen molar-refractivity contribution in [2.45, 2.75) is 40.4 Å². The van der Waals surface area contributed by atoms with Crippen LogP contribution in [0.1, 0.15) is 47.1 Å². The number of methoxy groups -OCH3 is 2. The van der Waals surface area contributed by atoms with E-state index in [1.54, 1.807) is 38.1 Å². The van der Waals surface area contributed by atoms with Crippen molar-refractivity contribution in [2.75, 3.05) is 20.8 Å². The van der Waals surface area contributed by atoms with Crippen LogP contribution in [-0.4, -0.2) is 49.6 Å². The zero-order valence-corrected chi connectivity index (χ0v) is 25.0. The lowest BCUT2D eigenvalue weighted by Gasteiger charge is -2.15. The summed E-state index contributed by atoms with van der Waals surface area (Å²) in [5.41, 5.74) is 6.34.